The van der Waals surface area contributed by atoms with Gasteiger partial charge in [-0.15, -0.1) is 0 Å². The number of hydrogen-bond acceptors (Lipinski definition) is 2. The molecule has 1 saturated carbocycles. The van der Waals surface area contributed by atoms with Crippen LogP contribution in [0.4, 0.5) is 5.69 Å². The number of hydrogen-bond donors (Lipinski definition) is 1. The van der Waals surface area contributed by atoms with Crippen molar-refractivity contribution >= 4 is 17.3 Å². The monoisotopic (exact) mass is 309 g/mol. The highest BCUT2D eigenvalue weighted by Crippen LogP contribution is 2.39. The van der Waals surface area contributed by atoms with Gasteiger partial charge >= 0.3 is 0 Å². The average Bonchev–Trinajstić information content (AvgIpc) is 2.46. The molecule has 1 fully saturated rings. The SMILES string of the molecule is COc1cc(NCC2CCC(C(C)(C)C)CC2)ccc1Cl. The molecular weight excluding hydrogens is 282 g/mol. The molecule has 2 nitrogen and oxygen atoms in total. The van der Waals surface area contributed by atoms with Gasteiger partial charge in [0.25, 0.3) is 0 Å². The van der Waals surface area contributed by atoms with E-state index in [1.807, 2.05) is 18.2 Å². The summed E-state index contributed by atoms with van der Waals surface area (Å²) in [5.41, 5.74) is 1.55. The third-order valence-electron chi connectivity index (χ3n) is 4.82. The van der Waals surface area contributed by atoms with Crippen LogP contribution in [0.1, 0.15) is 46.5 Å². The number of nitrogens with one attached hydrogen (secondary N) is 1. The Morgan fingerprint density at radius 1 is 1.19 bits per heavy atom. The molecule has 1 aromatic rings. The summed E-state index contributed by atoms with van der Waals surface area (Å²) in [5, 5.41) is 4.19. The van der Waals surface area contributed by atoms with E-state index in [0.29, 0.717) is 10.4 Å². The standard InChI is InChI=1S/C18H28ClNO/c1-18(2,3)14-7-5-13(6-8-14)12-20-15-9-10-16(19)17(11-15)21-4/h9-11,13-14,20H,5-8,12H2,1-4H3. The zero-order valence-corrected chi connectivity index (χ0v) is 14.5. The quantitative estimate of drug-likeness (QED) is 0.780. The molecule has 0 unspecified atom stereocenters. The van der Waals surface area contributed by atoms with E-state index in [1.165, 1.54) is 25.7 Å². The van der Waals surface area contributed by atoms with Crippen molar-refractivity contribution in [2.45, 2.75) is 46.5 Å². The van der Waals surface area contributed by atoms with Crippen LogP contribution in [0.3, 0.4) is 0 Å². The van der Waals surface area contributed by atoms with Crippen molar-refractivity contribution in [3.63, 3.8) is 0 Å². The zero-order valence-electron chi connectivity index (χ0n) is 13.7. The highest BCUT2D eigenvalue weighted by molar-refractivity contribution is 6.32. The van der Waals surface area contributed by atoms with E-state index in [4.69, 9.17) is 16.3 Å². The third-order valence-corrected chi connectivity index (χ3v) is 5.13. The van der Waals surface area contributed by atoms with Crippen LogP contribution in [0.5, 0.6) is 5.75 Å². The Balaban J connectivity index is 1.82. The maximum Gasteiger partial charge on any atom is 0.139 e. The topological polar surface area (TPSA) is 21.3 Å². The summed E-state index contributed by atoms with van der Waals surface area (Å²) < 4.78 is 5.26. The molecule has 1 aliphatic carbocycles. The molecule has 2 rings (SSSR count). The highest BCUT2D eigenvalue weighted by atomic mass is 35.5. The zero-order chi connectivity index (χ0) is 15.5. The van der Waals surface area contributed by atoms with Crippen molar-refractivity contribution in [2.75, 3.05) is 19.0 Å². The number of halogens is 1. The Morgan fingerprint density at radius 2 is 1.86 bits per heavy atom. The Bertz CT molecular complexity index is 459. The van der Waals surface area contributed by atoms with Gasteiger partial charge in [-0.1, -0.05) is 32.4 Å². The summed E-state index contributed by atoms with van der Waals surface area (Å²) in [5.74, 6) is 2.40. The van der Waals surface area contributed by atoms with Crippen molar-refractivity contribution in [1.29, 1.82) is 0 Å². The summed E-state index contributed by atoms with van der Waals surface area (Å²) in [6, 6.07) is 5.88. The van der Waals surface area contributed by atoms with Crippen LogP contribution in [0.2, 0.25) is 5.02 Å². The number of anilines is 1. The smallest absolute Gasteiger partial charge is 0.139 e. The fourth-order valence-corrected chi connectivity index (χ4v) is 3.46. The van der Waals surface area contributed by atoms with Gasteiger partial charge in [0, 0.05) is 18.3 Å². The molecule has 3 heteroatoms. The van der Waals surface area contributed by atoms with Crippen molar-refractivity contribution < 1.29 is 4.74 Å². The molecule has 0 heterocycles. The summed E-state index contributed by atoms with van der Waals surface area (Å²) in [6.07, 6.45) is 5.39. The van der Waals surface area contributed by atoms with E-state index in [2.05, 4.69) is 26.1 Å². The number of rotatable bonds is 4. The van der Waals surface area contributed by atoms with Crippen molar-refractivity contribution in [2.24, 2.45) is 17.3 Å². The molecule has 0 spiro atoms. The first-order valence-corrected chi connectivity index (χ1v) is 8.35. The second kappa shape index (κ2) is 6.91. The van der Waals surface area contributed by atoms with Crippen LogP contribution in [0.25, 0.3) is 0 Å². The van der Waals surface area contributed by atoms with Crippen LogP contribution >= 0.6 is 11.6 Å². The maximum absolute atomic E-state index is 6.05. The van der Waals surface area contributed by atoms with Crippen LogP contribution < -0.4 is 10.1 Å². The molecule has 1 N–H and O–H groups in total. The van der Waals surface area contributed by atoms with E-state index in [0.717, 1.165) is 29.8 Å². The second-order valence-electron chi connectivity index (χ2n) is 7.31. The van der Waals surface area contributed by atoms with E-state index < -0.39 is 0 Å². The number of benzene rings is 1. The molecule has 0 amide bonds. The molecule has 21 heavy (non-hydrogen) atoms. The fraction of sp³-hybridized carbons (Fsp3) is 0.667. The van der Waals surface area contributed by atoms with Crippen LogP contribution in [0, 0.1) is 17.3 Å². The Hall–Kier alpha value is -0.890. The van der Waals surface area contributed by atoms with E-state index >= 15 is 0 Å². The highest BCUT2D eigenvalue weighted by Gasteiger charge is 2.29. The van der Waals surface area contributed by atoms with Gasteiger partial charge in [0.15, 0.2) is 0 Å². The van der Waals surface area contributed by atoms with Crippen LogP contribution in [-0.4, -0.2) is 13.7 Å². The molecule has 0 aliphatic heterocycles. The molecule has 0 atom stereocenters. The number of ether oxygens (including phenoxy) is 1. The second-order valence-corrected chi connectivity index (χ2v) is 7.72. The lowest BCUT2D eigenvalue weighted by molar-refractivity contribution is 0.153. The first kappa shape index (κ1) is 16.5. The minimum absolute atomic E-state index is 0.460. The minimum Gasteiger partial charge on any atom is -0.495 e. The minimum atomic E-state index is 0.460. The number of methoxy groups -OCH3 is 1. The molecule has 0 saturated heterocycles. The molecule has 0 aromatic heterocycles. The predicted octanol–water partition coefficient (Wildman–Crippen LogP) is 5.61. The Kier molecular flexibility index (Phi) is 5.43. The lowest BCUT2D eigenvalue weighted by Crippen LogP contribution is -2.28. The molecule has 118 valence electrons. The summed E-state index contributed by atoms with van der Waals surface area (Å²) in [4.78, 5) is 0. The first-order valence-electron chi connectivity index (χ1n) is 7.97. The van der Waals surface area contributed by atoms with Gasteiger partial charge in [0.05, 0.1) is 12.1 Å². The summed E-state index contributed by atoms with van der Waals surface area (Å²) >= 11 is 6.05. The fourth-order valence-electron chi connectivity index (χ4n) is 3.26. The summed E-state index contributed by atoms with van der Waals surface area (Å²) in [7, 11) is 1.65. The normalized spacial score (nSPS) is 22.9. The van der Waals surface area contributed by atoms with E-state index in [1.54, 1.807) is 7.11 Å². The molecular formula is C18H28ClNO. The van der Waals surface area contributed by atoms with Gasteiger partial charge in [-0.2, -0.15) is 0 Å². The molecule has 1 aromatic carbocycles. The maximum atomic E-state index is 6.05. The average molecular weight is 310 g/mol. The van der Waals surface area contributed by atoms with Gasteiger partial charge in [0.2, 0.25) is 0 Å². The predicted molar refractivity (Wildman–Crippen MR) is 91.4 cm³/mol. The lowest BCUT2D eigenvalue weighted by atomic mass is 9.70. The summed E-state index contributed by atoms with van der Waals surface area (Å²) in [6.45, 7) is 8.16. The van der Waals surface area contributed by atoms with Crippen molar-refractivity contribution in [3.05, 3.63) is 23.2 Å². The van der Waals surface area contributed by atoms with Crippen molar-refractivity contribution in [1.82, 2.24) is 0 Å². The van der Waals surface area contributed by atoms with Gasteiger partial charge in [-0.25, -0.2) is 0 Å². The van der Waals surface area contributed by atoms with Crippen molar-refractivity contribution in [3.8, 4) is 5.75 Å². The Morgan fingerprint density at radius 3 is 2.43 bits per heavy atom. The van der Waals surface area contributed by atoms with Gasteiger partial charge < -0.3 is 10.1 Å². The molecule has 0 bridgehead atoms. The molecule has 1 aliphatic rings. The molecule has 0 radical (unpaired) electrons. The van der Waals surface area contributed by atoms with Gasteiger partial charge in [-0.3, -0.25) is 0 Å². The Labute approximate surface area is 134 Å². The van der Waals surface area contributed by atoms with Gasteiger partial charge in [0.1, 0.15) is 5.75 Å². The third kappa shape index (κ3) is 4.54. The van der Waals surface area contributed by atoms with Gasteiger partial charge in [-0.05, 0) is 55.1 Å². The van der Waals surface area contributed by atoms with E-state index in [-0.39, 0.29) is 0 Å². The first-order chi connectivity index (χ1) is 9.90. The van der Waals surface area contributed by atoms with E-state index in [9.17, 15) is 0 Å². The van der Waals surface area contributed by atoms with Crippen LogP contribution in [-0.2, 0) is 0 Å². The lowest BCUT2D eigenvalue weighted by Gasteiger charge is -2.37. The van der Waals surface area contributed by atoms with Crippen LogP contribution in [0.15, 0.2) is 18.2 Å². The largest absolute Gasteiger partial charge is 0.495 e.